The average molecular weight is 280 g/mol. The molecular formula is C10H20N2O5S. The van der Waals surface area contributed by atoms with Crippen LogP contribution in [-0.4, -0.2) is 78.9 Å². The van der Waals surface area contributed by atoms with E-state index in [0.29, 0.717) is 32.6 Å². The Labute approximate surface area is 107 Å². The van der Waals surface area contributed by atoms with E-state index >= 15 is 0 Å². The second kappa shape index (κ2) is 7.03. The lowest BCUT2D eigenvalue weighted by Gasteiger charge is -2.20. The van der Waals surface area contributed by atoms with Crippen LogP contribution in [0.4, 0.5) is 0 Å². The topological polar surface area (TPSA) is 98.1 Å². The van der Waals surface area contributed by atoms with Gasteiger partial charge < -0.3 is 10.2 Å². The van der Waals surface area contributed by atoms with Gasteiger partial charge in [0.05, 0.1) is 18.8 Å². The molecule has 7 nitrogen and oxygen atoms in total. The molecule has 106 valence electrons. The van der Waals surface area contributed by atoms with Gasteiger partial charge in [-0.2, -0.15) is 0 Å². The Morgan fingerprint density at radius 1 is 1.17 bits per heavy atom. The highest BCUT2D eigenvalue weighted by molar-refractivity contribution is 7.89. The number of hydrogen-bond donors (Lipinski definition) is 2. The van der Waals surface area contributed by atoms with Crippen molar-refractivity contribution in [3.63, 3.8) is 0 Å². The van der Waals surface area contributed by atoms with Gasteiger partial charge in [-0.15, -0.1) is 0 Å². The third-order valence-electron chi connectivity index (χ3n) is 2.93. The quantitative estimate of drug-likeness (QED) is 0.633. The molecule has 0 aliphatic carbocycles. The largest absolute Gasteiger partial charge is 0.481 e. The van der Waals surface area contributed by atoms with Crippen LogP contribution in [0.2, 0.25) is 0 Å². The zero-order valence-corrected chi connectivity index (χ0v) is 11.1. The Balaban J connectivity index is 2.53. The number of β-amino-alcohol motifs (C(OH)–C–C–N with tert-alkyl or cyclic N) is 1. The molecule has 1 rings (SSSR count). The van der Waals surface area contributed by atoms with Crippen LogP contribution in [0.5, 0.6) is 0 Å². The van der Waals surface area contributed by atoms with E-state index in [-0.39, 0.29) is 18.8 Å². The molecule has 0 saturated carbocycles. The van der Waals surface area contributed by atoms with Crippen LogP contribution in [0.15, 0.2) is 0 Å². The van der Waals surface area contributed by atoms with E-state index in [2.05, 4.69) is 0 Å². The van der Waals surface area contributed by atoms with Crippen LogP contribution in [0.25, 0.3) is 0 Å². The number of carboxylic acid groups (broad SMARTS) is 1. The molecule has 18 heavy (non-hydrogen) atoms. The number of carboxylic acids is 1. The highest BCUT2D eigenvalue weighted by Gasteiger charge is 2.25. The summed E-state index contributed by atoms with van der Waals surface area (Å²) >= 11 is 0. The van der Waals surface area contributed by atoms with Crippen molar-refractivity contribution in [2.45, 2.75) is 12.8 Å². The molecule has 0 bridgehead atoms. The Hall–Kier alpha value is -0.700. The first-order valence-corrected chi connectivity index (χ1v) is 7.59. The Morgan fingerprint density at radius 2 is 1.89 bits per heavy atom. The molecule has 0 radical (unpaired) electrons. The van der Waals surface area contributed by atoms with Gasteiger partial charge in [-0.3, -0.25) is 9.69 Å². The number of hydrogen-bond acceptors (Lipinski definition) is 5. The van der Waals surface area contributed by atoms with Gasteiger partial charge in [-0.05, 0) is 13.0 Å². The molecule has 0 amide bonds. The summed E-state index contributed by atoms with van der Waals surface area (Å²) in [6, 6.07) is 0. The summed E-state index contributed by atoms with van der Waals surface area (Å²) in [6.07, 6.45) is 0.339. The van der Waals surface area contributed by atoms with Gasteiger partial charge in [0, 0.05) is 26.2 Å². The van der Waals surface area contributed by atoms with Crippen molar-refractivity contribution in [3.8, 4) is 0 Å². The summed E-state index contributed by atoms with van der Waals surface area (Å²) in [7, 11) is -3.48. The summed E-state index contributed by atoms with van der Waals surface area (Å²) in [5, 5.41) is 17.4. The predicted molar refractivity (Wildman–Crippen MR) is 65.8 cm³/mol. The normalized spacial score (nSPS) is 19.6. The summed E-state index contributed by atoms with van der Waals surface area (Å²) in [6.45, 7) is 2.72. The second-order valence-electron chi connectivity index (χ2n) is 4.28. The van der Waals surface area contributed by atoms with Crippen LogP contribution < -0.4 is 0 Å². The lowest BCUT2D eigenvalue weighted by molar-refractivity contribution is -0.136. The zero-order chi connectivity index (χ0) is 13.6. The predicted octanol–water partition coefficient (Wildman–Crippen LogP) is -1.21. The van der Waals surface area contributed by atoms with Crippen LogP contribution in [-0.2, 0) is 14.8 Å². The van der Waals surface area contributed by atoms with Gasteiger partial charge in [0.2, 0.25) is 10.0 Å². The van der Waals surface area contributed by atoms with E-state index in [1.54, 1.807) is 0 Å². The van der Waals surface area contributed by atoms with E-state index in [9.17, 15) is 13.2 Å². The minimum atomic E-state index is -3.48. The van der Waals surface area contributed by atoms with Crippen molar-refractivity contribution >= 4 is 16.0 Å². The smallest absolute Gasteiger partial charge is 0.304 e. The molecule has 0 atom stereocenters. The molecule has 1 aliphatic rings. The number of aliphatic carboxylic acids is 1. The van der Waals surface area contributed by atoms with Gasteiger partial charge in [-0.1, -0.05) is 0 Å². The van der Waals surface area contributed by atoms with E-state index < -0.39 is 16.0 Å². The number of rotatable bonds is 6. The summed E-state index contributed by atoms with van der Waals surface area (Å²) < 4.78 is 25.2. The second-order valence-corrected chi connectivity index (χ2v) is 6.37. The lowest BCUT2D eigenvalue weighted by Crippen LogP contribution is -2.37. The molecular weight excluding hydrogens is 260 g/mol. The first-order valence-electron chi connectivity index (χ1n) is 5.98. The highest BCUT2D eigenvalue weighted by atomic mass is 32.2. The molecule has 0 aromatic heterocycles. The minimum absolute atomic E-state index is 0.0613. The first kappa shape index (κ1) is 15.4. The number of carbonyl (C=O) groups is 1. The van der Waals surface area contributed by atoms with Crippen molar-refractivity contribution in [1.82, 2.24) is 9.21 Å². The van der Waals surface area contributed by atoms with Crippen LogP contribution in [0.1, 0.15) is 12.8 Å². The Bertz CT molecular complexity index is 370. The fourth-order valence-corrected chi connectivity index (χ4v) is 3.39. The third kappa shape index (κ3) is 4.89. The molecule has 0 unspecified atom stereocenters. The summed E-state index contributed by atoms with van der Waals surface area (Å²) in [4.78, 5) is 12.4. The van der Waals surface area contributed by atoms with E-state index in [1.165, 1.54) is 4.31 Å². The monoisotopic (exact) mass is 280 g/mol. The van der Waals surface area contributed by atoms with Gasteiger partial charge in [-0.25, -0.2) is 12.7 Å². The zero-order valence-electron chi connectivity index (χ0n) is 10.3. The van der Waals surface area contributed by atoms with Crippen molar-refractivity contribution in [2.75, 3.05) is 45.1 Å². The van der Waals surface area contributed by atoms with E-state index in [4.69, 9.17) is 10.2 Å². The molecule has 2 N–H and O–H groups in total. The SMILES string of the molecule is O=C(O)CCS(=O)(=O)N1CCCN(CCO)CC1. The molecule has 1 heterocycles. The Morgan fingerprint density at radius 3 is 2.50 bits per heavy atom. The first-order chi connectivity index (χ1) is 8.45. The molecule has 1 saturated heterocycles. The van der Waals surface area contributed by atoms with Crippen LogP contribution in [0, 0.1) is 0 Å². The van der Waals surface area contributed by atoms with Gasteiger partial charge in [0.25, 0.3) is 0 Å². The van der Waals surface area contributed by atoms with Crippen LogP contribution in [0.3, 0.4) is 0 Å². The lowest BCUT2D eigenvalue weighted by atomic mass is 10.4. The number of aliphatic hydroxyl groups is 1. The van der Waals surface area contributed by atoms with Crippen molar-refractivity contribution in [2.24, 2.45) is 0 Å². The Kier molecular flexibility index (Phi) is 6.00. The van der Waals surface area contributed by atoms with E-state index in [1.807, 2.05) is 4.90 Å². The molecule has 8 heteroatoms. The number of sulfonamides is 1. The molecule has 1 aliphatic heterocycles. The molecule has 0 aromatic rings. The van der Waals surface area contributed by atoms with Crippen molar-refractivity contribution < 1.29 is 23.4 Å². The van der Waals surface area contributed by atoms with Crippen LogP contribution >= 0.6 is 0 Å². The third-order valence-corrected chi connectivity index (χ3v) is 4.80. The summed E-state index contributed by atoms with van der Waals surface area (Å²) in [5.74, 6) is -1.45. The fraction of sp³-hybridized carbons (Fsp3) is 0.900. The van der Waals surface area contributed by atoms with Crippen molar-refractivity contribution in [1.29, 1.82) is 0 Å². The maximum atomic E-state index is 11.9. The maximum absolute atomic E-state index is 11.9. The molecule has 0 spiro atoms. The fourth-order valence-electron chi connectivity index (χ4n) is 1.94. The maximum Gasteiger partial charge on any atom is 0.304 e. The van der Waals surface area contributed by atoms with Gasteiger partial charge >= 0.3 is 5.97 Å². The van der Waals surface area contributed by atoms with E-state index in [0.717, 1.165) is 6.54 Å². The summed E-state index contributed by atoms with van der Waals surface area (Å²) in [5.41, 5.74) is 0. The molecule has 0 aromatic carbocycles. The molecule has 1 fully saturated rings. The number of aliphatic hydroxyl groups excluding tert-OH is 1. The standard InChI is InChI=1S/C10H20N2O5S/c13-8-7-11-3-1-4-12(6-5-11)18(16,17)9-2-10(14)15/h13H,1-9H2,(H,14,15). The van der Waals surface area contributed by atoms with Gasteiger partial charge in [0.1, 0.15) is 0 Å². The minimum Gasteiger partial charge on any atom is -0.481 e. The van der Waals surface area contributed by atoms with Gasteiger partial charge in [0.15, 0.2) is 0 Å². The van der Waals surface area contributed by atoms with Crippen molar-refractivity contribution in [3.05, 3.63) is 0 Å². The average Bonchev–Trinajstić information content (AvgIpc) is 2.53. The highest BCUT2D eigenvalue weighted by Crippen LogP contribution is 2.09. The number of nitrogens with zero attached hydrogens (tertiary/aromatic N) is 2.